The molecule has 412 valence electrons. The van der Waals surface area contributed by atoms with Crippen LogP contribution in [0.4, 0.5) is 31.1 Å². The molecule has 4 aromatic carbocycles. The van der Waals surface area contributed by atoms with E-state index in [1.54, 1.807) is 47.1 Å². The van der Waals surface area contributed by atoms with E-state index in [1.807, 2.05) is 68.4 Å². The van der Waals surface area contributed by atoms with Gasteiger partial charge in [-0.1, -0.05) is 83.9 Å². The van der Waals surface area contributed by atoms with Crippen molar-refractivity contribution >= 4 is 64.6 Å². The van der Waals surface area contributed by atoms with Crippen molar-refractivity contribution < 1.29 is 55.3 Å². The largest absolute Gasteiger partial charge is 0.502 e. The Morgan fingerprint density at radius 2 is 1.05 bits per heavy atom. The van der Waals surface area contributed by atoms with Gasteiger partial charge in [-0.2, -0.15) is 26.3 Å². The number of ether oxygens (including phenoxy) is 2. The highest BCUT2D eigenvalue weighted by Gasteiger charge is 2.50. The number of carbonyl (C=O) groups is 3. The third-order valence-electron chi connectivity index (χ3n) is 13.3. The highest BCUT2D eigenvalue weighted by molar-refractivity contribution is 7.98. The number of nitrogens with two attached hydrogens (primary N) is 1. The van der Waals surface area contributed by atoms with Gasteiger partial charge in [-0.05, 0) is 85.3 Å². The van der Waals surface area contributed by atoms with Crippen molar-refractivity contribution in [1.29, 1.82) is 0 Å². The van der Waals surface area contributed by atoms with E-state index in [-0.39, 0.29) is 0 Å². The van der Waals surface area contributed by atoms with Gasteiger partial charge in [0.1, 0.15) is 25.4 Å². The average molecular weight is 1160 g/mol. The Morgan fingerprint density at radius 3 is 1.47 bits per heavy atom. The van der Waals surface area contributed by atoms with Crippen molar-refractivity contribution in [1.82, 2.24) is 19.2 Å². The highest BCUT2D eigenvalue weighted by atomic mass is 35.5. The average Bonchev–Trinajstić information content (AvgIpc) is 3.73. The van der Waals surface area contributed by atoms with Crippen LogP contribution in [0.25, 0.3) is 0 Å². The summed E-state index contributed by atoms with van der Waals surface area (Å²) in [5.41, 5.74) is 6.96. The molecule has 0 bridgehead atoms. The molecule has 6 heterocycles. The maximum atomic E-state index is 13.9. The third kappa shape index (κ3) is 11.2. The standard InChI is InChI=1S/C25H20ClF3N4O4S.C24H19ClF3N3O3S.C4H10O/c1-13(25(27,28)29)31-12-33(32-10-9-18(34)22(37-24(30)36)21(32)23(31)35)20-14-6-4-7-17(26)16(14)11-38-19-8-3-2-5-15(19)20;1-13(24(26,27)28)29-12-31(30-10-9-18(32)22(33)21(30)23(29)34)20-14-6-4-7-17(25)16(14)11-35-19-8-3-2-5-15(19)20;1-3-5-4-2/h2-10,13,20H,11-12H2,1H3,(H2,30,36);2-10,13,20,33H,11-12H2,1H3;3-4H2,1-2H3/t2*13-,20+;/m11./s1. The number of hydrogen-bond donors (Lipinski definition) is 2. The van der Waals surface area contributed by atoms with Crippen molar-refractivity contribution in [3.8, 4) is 11.5 Å². The second-order valence-electron chi connectivity index (χ2n) is 17.8. The van der Waals surface area contributed by atoms with Crippen LogP contribution < -0.4 is 31.3 Å². The van der Waals surface area contributed by atoms with E-state index in [4.69, 9.17) is 38.4 Å². The van der Waals surface area contributed by atoms with Crippen molar-refractivity contribution in [3.63, 3.8) is 0 Å². The van der Waals surface area contributed by atoms with Crippen LogP contribution in [-0.4, -0.2) is 93.2 Å². The van der Waals surface area contributed by atoms with Crippen LogP contribution in [0.15, 0.2) is 129 Å². The fraction of sp³-hybridized carbons (Fsp3) is 0.302. The first-order valence-electron chi connectivity index (χ1n) is 24.0. The van der Waals surface area contributed by atoms with E-state index in [0.717, 1.165) is 76.8 Å². The number of nitrogens with zero attached hydrogens (tertiary/aromatic N) is 6. The predicted octanol–water partition coefficient (Wildman–Crippen LogP) is 10.6. The Labute approximate surface area is 460 Å². The molecule has 6 aromatic rings. The van der Waals surface area contributed by atoms with Crippen LogP contribution in [0.1, 0.15) is 94.1 Å². The van der Waals surface area contributed by atoms with E-state index in [0.29, 0.717) is 36.9 Å². The van der Waals surface area contributed by atoms with Gasteiger partial charge in [-0.25, -0.2) is 4.79 Å². The molecule has 0 unspecified atom stereocenters. The molecule has 0 saturated heterocycles. The second-order valence-corrected chi connectivity index (χ2v) is 20.7. The quantitative estimate of drug-likeness (QED) is 0.145. The van der Waals surface area contributed by atoms with E-state index in [2.05, 4.69) is 0 Å². The summed E-state index contributed by atoms with van der Waals surface area (Å²) >= 11 is 16.2. The smallest absolute Gasteiger partial charge is 0.410 e. The molecule has 25 heteroatoms. The van der Waals surface area contributed by atoms with Crippen LogP contribution in [-0.2, 0) is 16.2 Å². The fourth-order valence-electron chi connectivity index (χ4n) is 9.38. The number of fused-ring (bicyclic) bond motifs is 6. The molecule has 15 nitrogen and oxygen atoms in total. The minimum Gasteiger partial charge on any atom is -0.502 e. The summed E-state index contributed by atoms with van der Waals surface area (Å²) in [4.78, 5) is 66.1. The summed E-state index contributed by atoms with van der Waals surface area (Å²) in [7, 11) is 0. The molecular formula is C53H49Cl2F6N7O8S2. The Kier molecular flexibility index (Phi) is 17.1. The lowest BCUT2D eigenvalue weighted by Crippen LogP contribution is -2.60. The van der Waals surface area contributed by atoms with Gasteiger partial charge in [0.2, 0.25) is 16.6 Å². The van der Waals surface area contributed by atoms with Crippen LogP contribution >= 0.6 is 46.7 Å². The zero-order valence-corrected chi connectivity index (χ0v) is 45.0. The Balaban J connectivity index is 0.000000190. The van der Waals surface area contributed by atoms with Crippen molar-refractivity contribution in [3.05, 3.63) is 185 Å². The van der Waals surface area contributed by atoms with Gasteiger partial charge in [-0.15, -0.1) is 23.5 Å². The minimum atomic E-state index is -4.78. The second kappa shape index (κ2) is 23.3. The van der Waals surface area contributed by atoms with Crippen LogP contribution in [0.2, 0.25) is 10.0 Å². The minimum absolute atomic E-state index is 0.440. The molecule has 4 aliphatic rings. The van der Waals surface area contributed by atoms with Gasteiger partial charge >= 0.3 is 18.4 Å². The Hall–Kier alpha value is -6.79. The first-order chi connectivity index (χ1) is 37.0. The maximum absolute atomic E-state index is 13.9. The van der Waals surface area contributed by atoms with Crippen LogP contribution in [0.3, 0.4) is 0 Å². The Bertz CT molecular complexity index is 3400. The summed E-state index contributed by atoms with van der Waals surface area (Å²) in [6, 6.07) is 21.9. The van der Waals surface area contributed by atoms with Crippen molar-refractivity contribution in [2.45, 2.75) is 85.5 Å². The van der Waals surface area contributed by atoms with E-state index >= 15 is 0 Å². The lowest BCUT2D eigenvalue weighted by molar-refractivity contribution is -0.173. The number of pyridine rings is 2. The molecule has 3 N–H and O–H groups in total. The zero-order chi connectivity index (χ0) is 56.5. The molecule has 4 atom stereocenters. The molecule has 3 amide bonds. The van der Waals surface area contributed by atoms with E-state index in [1.165, 1.54) is 38.5 Å². The van der Waals surface area contributed by atoms with Crippen LogP contribution in [0.5, 0.6) is 11.5 Å². The predicted molar refractivity (Wildman–Crippen MR) is 284 cm³/mol. The molecule has 0 fully saturated rings. The monoisotopic (exact) mass is 1160 g/mol. The lowest BCUT2D eigenvalue weighted by Gasteiger charge is -2.46. The molecule has 4 aliphatic heterocycles. The molecular weight excluding hydrogens is 1110 g/mol. The maximum Gasteiger partial charge on any atom is 0.410 e. The van der Waals surface area contributed by atoms with Crippen molar-refractivity contribution in [2.75, 3.05) is 36.6 Å². The number of halogens is 8. The SMILES string of the molecule is CCOCC.C[C@@H](N1CN([C@@H]2c3ccccc3SCc3c(Cl)cccc32)n2ccc(=O)c(O)c2C1=O)C(F)(F)F.C[C@@H](N1CN([C@@H]2c3ccccc3SCc3c(Cl)cccc32)n2ccc(=O)c(OC(N)=O)c2C1=O)C(F)(F)F. The number of aromatic nitrogens is 2. The number of hydrogen-bond acceptors (Lipinski definition) is 12. The van der Waals surface area contributed by atoms with Crippen molar-refractivity contribution in [2.24, 2.45) is 5.73 Å². The van der Waals surface area contributed by atoms with Crippen LogP contribution in [0, 0.1) is 0 Å². The number of thioether (sulfide) groups is 2. The summed E-state index contributed by atoms with van der Waals surface area (Å²) in [6.07, 6.45) is -8.31. The number of primary amides is 1. The number of aromatic hydroxyl groups is 1. The highest BCUT2D eigenvalue weighted by Crippen LogP contribution is 2.47. The van der Waals surface area contributed by atoms with Gasteiger partial charge in [0.15, 0.2) is 17.1 Å². The van der Waals surface area contributed by atoms with Gasteiger partial charge in [0.05, 0.1) is 12.1 Å². The number of amides is 3. The number of benzene rings is 4. The molecule has 0 spiro atoms. The van der Waals surface area contributed by atoms with Gasteiger partial charge in [0.25, 0.3) is 11.8 Å². The lowest BCUT2D eigenvalue weighted by atomic mass is 9.94. The van der Waals surface area contributed by atoms with E-state index < -0.39 is 102 Å². The summed E-state index contributed by atoms with van der Waals surface area (Å²) in [6.45, 7) is 6.46. The molecule has 78 heavy (non-hydrogen) atoms. The molecule has 0 radical (unpaired) electrons. The molecule has 0 aliphatic carbocycles. The third-order valence-corrected chi connectivity index (χ3v) is 16.3. The fourth-order valence-corrected chi connectivity index (χ4v) is 12.3. The molecule has 2 aromatic heterocycles. The zero-order valence-electron chi connectivity index (χ0n) is 41.9. The summed E-state index contributed by atoms with van der Waals surface area (Å²) in [5.74, 6) is -2.82. The topological polar surface area (TPSA) is 173 Å². The first-order valence-corrected chi connectivity index (χ1v) is 26.7. The Morgan fingerprint density at radius 1 is 0.641 bits per heavy atom. The summed E-state index contributed by atoms with van der Waals surface area (Å²) < 4.78 is 95.3. The number of alkyl halides is 6. The first kappa shape index (κ1) is 57.4. The molecule has 10 rings (SSSR count). The van der Waals surface area contributed by atoms with Gasteiger partial charge < -0.3 is 30.1 Å². The normalized spacial score (nSPS) is 17.4. The van der Waals surface area contributed by atoms with Gasteiger partial charge in [-0.3, -0.25) is 38.5 Å². The summed E-state index contributed by atoms with van der Waals surface area (Å²) in [5, 5.41) is 14.6. The number of rotatable bonds is 7. The van der Waals surface area contributed by atoms with E-state index in [9.17, 15) is 55.4 Å². The number of carbonyl (C=O) groups excluding carboxylic acids is 3. The molecule has 0 saturated carbocycles. The van der Waals surface area contributed by atoms with Gasteiger partial charge in [0, 0.05) is 69.1 Å².